The standard InChI is InChI=1S/C14H14N2O3S/c1-2-12(17)10-3-5-11(6-4-10)19-9-13(18)16-14-15-7-8-20-14/h3-8H,2,9H2,1H3,(H,15,16,18). The number of hydrogen-bond donors (Lipinski definition) is 1. The second kappa shape index (κ2) is 6.81. The van der Waals surface area contributed by atoms with Crippen molar-refractivity contribution < 1.29 is 14.3 Å². The minimum atomic E-state index is -0.270. The van der Waals surface area contributed by atoms with Gasteiger partial charge in [-0.2, -0.15) is 0 Å². The van der Waals surface area contributed by atoms with E-state index in [1.807, 2.05) is 6.92 Å². The van der Waals surface area contributed by atoms with Crippen LogP contribution in [0.3, 0.4) is 0 Å². The third-order valence-corrected chi connectivity index (χ3v) is 3.23. The number of rotatable bonds is 6. The van der Waals surface area contributed by atoms with Crippen molar-refractivity contribution in [1.82, 2.24) is 4.98 Å². The Morgan fingerprint density at radius 1 is 1.30 bits per heavy atom. The summed E-state index contributed by atoms with van der Waals surface area (Å²) in [5.74, 6) is 0.360. The van der Waals surface area contributed by atoms with Gasteiger partial charge >= 0.3 is 0 Å². The van der Waals surface area contributed by atoms with Gasteiger partial charge < -0.3 is 4.74 Å². The van der Waals surface area contributed by atoms with Gasteiger partial charge in [-0.15, -0.1) is 11.3 Å². The highest BCUT2D eigenvalue weighted by Gasteiger charge is 2.06. The van der Waals surface area contributed by atoms with Gasteiger partial charge in [0, 0.05) is 23.6 Å². The highest BCUT2D eigenvalue weighted by atomic mass is 32.1. The van der Waals surface area contributed by atoms with E-state index in [-0.39, 0.29) is 18.3 Å². The van der Waals surface area contributed by atoms with Crippen molar-refractivity contribution in [2.24, 2.45) is 0 Å². The van der Waals surface area contributed by atoms with Crippen LogP contribution >= 0.6 is 11.3 Å². The number of thiazole rings is 1. The number of aromatic nitrogens is 1. The Bertz CT molecular complexity index is 579. The molecule has 1 N–H and O–H groups in total. The minimum absolute atomic E-state index is 0.0815. The largest absolute Gasteiger partial charge is 0.484 e. The van der Waals surface area contributed by atoms with Gasteiger partial charge in [-0.1, -0.05) is 6.92 Å². The monoisotopic (exact) mass is 290 g/mol. The van der Waals surface area contributed by atoms with Crippen molar-refractivity contribution in [2.45, 2.75) is 13.3 Å². The molecule has 0 radical (unpaired) electrons. The summed E-state index contributed by atoms with van der Waals surface area (Å²) >= 11 is 1.34. The number of ketones is 1. The van der Waals surface area contributed by atoms with Crippen LogP contribution in [-0.2, 0) is 4.79 Å². The molecule has 0 bridgehead atoms. The summed E-state index contributed by atoms with van der Waals surface area (Å²) in [7, 11) is 0. The van der Waals surface area contributed by atoms with Gasteiger partial charge in [0.2, 0.25) is 0 Å². The maximum atomic E-state index is 11.6. The Morgan fingerprint density at radius 2 is 2.05 bits per heavy atom. The molecule has 2 aromatic rings. The molecule has 1 aromatic carbocycles. The third-order valence-electron chi connectivity index (χ3n) is 2.55. The fourth-order valence-electron chi connectivity index (χ4n) is 1.53. The molecule has 1 amide bonds. The van der Waals surface area contributed by atoms with E-state index in [1.54, 1.807) is 35.8 Å². The molecule has 20 heavy (non-hydrogen) atoms. The summed E-state index contributed by atoms with van der Waals surface area (Å²) in [5.41, 5.74) is 0.645. The van der Waals surface area contributed by atoms with Crippen LogP contribution in [0, 0.1) is 0 Å². The van der Waals surface area contributed by atoms with Crippen molar-refractivity contribution in [1.29, 1.82) is 0 Å². The van der Waals surface area contributed by atoms with E-state index in [4.69, 9.17) is 4.74 Å². The number of amides is 1. The minimum Gasteiger partial charge on any atom is -0.484 e. The fraction of sp³-hybridized carbons (Fsp3) is 0.214. The van der Waals surface area contributed by atoms with Crippen LogP contribution in [0.1, 0.15) is 23.7 Å². The van der Waals surface area contributed by atoms with Crippen LogP contribution in [-0.4, -0.2) is 23.3 Å². The molecule has 1 heterocycles. The van der Waals surface area contributed by atoms with Crippen LogP contribution in [0.15, 0.2) is 35.8 Å². The van der Waals surface area contributed by atoms with Crippen molar-refractivity contribution in [3.05, 3.63) is 41.4 Å². The average molecular weight is 290 g/mol. The van der Waals surface area contributed by atoms with E-state index in [0.717, 1.165) is 0 Å². The molecular weight excluding hydrogens is 276 g/mol. The van der Waals surface area contributed by atoms with Crippen LogP contribution in [0.25, 0.3) is 0 Å². The maximum Gasteiger partial charge on any atom is 0.264 e. The second-order valence-electron chi connectivity index (χ2n) is 3.98. The first-order chi connectivity index (χ1) is 9.69. The molecule has 0 fully saturated rings. The lowest BCUT2D eigenvalue weighted by atomic mass is 10.1. The molecule has 5 nitrogen and oxygen atoms in total. The predicted octanol–water partition coefficient (Wildman–Crippen LogP) is 2.75. The normalized spacial score (nSPS) is 10.1. The molecule has 0 unspecified atom stereocenters. The summed E-state index contributed by atoms with van der Waals surface area (Å²) in [6.45, 7) is 1.72. The summed E-state index contributed by atoms with van der Waals surface area (Å²) in [6, 6.07) is 6.75. The summed E-state index contributed by atoms with van der Waals surface area (Å²) in [4.78, 5) is 27.0. The lowest BCUT2D eigenvalue weighted by Gasteiger charge is -2.06. The van der Waals surface area contributed by atoms with Crippen molar-refractivity contribution in [3.8, 4) is 5.75 Å². The molecule has 0 saturated heterocycles. The van der Waals surface area contributed by atoms with Gasteiger partial charge in [-0.25, -0.2) is 4.98 Å². The Labute approximate surface area is 120 Å². The number of carbonyl (C=O) groups excluding carboxylic acids is 2. The average Bonchev–Trinajstić information content (AvgIpc) is 2.97. The molecule has 6 heteroatoms. The van der Waals surface area contributed by atoms with Gasteiger partial charge in [-0.05, 0) is 24.3 Å². The Morgan fingerprint density at radius 3 is 2.65 bits per heavy atom. The van der Waals surface area contributed by atoms with Crippen molar-refractivity contribution in [2.75, 3.05) is 11.9 Å². The Kier molecular flexibility index (Phi) is 4.84. The summed E-state index contributed by atoms with van der Waals surface area (Å²) in [5, 5.41) is 4.94. The summed E-state index contributed by atoms with van der Waals surface area (Å²) in [6.07, 6.45) is 2.08. The molecule has 2 rings (SSSR count). The second-order valence-corrected chi connectivity index (χ2v) is 4.87. The van der Waals surface area contributed by atoms with E-state index >= 15 is 0 Å². The highest BCUT2D eigenvalue weighted by molar-refractivity contribution is 7.13. The van der Waals surface area contributed by atoms with Crippen LogP contribution < -0.4 is 10.1 Å². The van der Waals surface area contributed by atoms with E-state index < -0.39 is 0 Å². The molecule has 0 aliphatic rings. The van der Waals surface area contributed by atoms with Crippen molar-refractivity contribution >= 4 is 28.2 Å². The van der Waals surface area contributed by atoms with Crippen LogP contribution in [0.2, 0.25) is 0 Å². The maximum absolute atomic E-state index is 11.6. The number of nitrogens with zero attached hydrogens (tertiary/aromatic N) is 1. The fourth-order valence-corrected chi connectivity index (χ4v) is 2.08. The number of benzene rings is 1. The molecule has 104 valence electrons. The van der Waals surface area contributed by atoms with Gasteiger partial charge in [0.1, 0.15) is 5.75 Å². The number of nitrogens with one attached hydrogen (secondary N) is 1. The zero-order valence-corrected chi connectivity index (χ0v) is 11.8. The molecule has 0 saturated carbocycles. The van der Waals surface area contributed by atoms with Gasteiger partial charge in [0.15, 0.2) is 17.5 Å². The van der Waals surface area contributed by atoms with E-state index in [1.165, 1.54) is 11.3 Å². The Balaban J connectivity index is 1.84. The first-order valence-corrected chi connectivity index (χ1v) is 7.02. The van der Waals surface area contributed by atoms with E-state index in [9.17, 15) is 9.59 Å². The summed E-state index contributed by atoms with van der Waals surface area (Å²) < 4.78 is 5.34. The predicted molar refractivity (Wildman–Crippen MR) is 77.3 cm³/mol. The number of carbonyl (C=O) groups is 2. The lowest BCUT2D eigenvalue weighted by molar-refractivity contribution is -0.118. The number of anilines is 1. The number of Topliss-reactive ketones (excluding diaryl/α,β-unsaturated/α-hetero) is 1. The van der Waals surface area contributed by atoms with Crippen molar-refractivity contribution in [3.63, 3.8) is 0 Å². The zero-order chi connectivity index (χ0) is 14.4. The van der Waals surface area contributed by atoms with Crippen LogP contribution in [0.4, 0.5) is 5.13 Å². The lowest BCUT2D eigenvalue weighted by Crippen LogP contribution is -2.20. The molecule has 0 spiro atoms. The Hall–Kier alpha value is -2.21. The zero-order valence-electron chi connectivity index (χ0n) is 11.0. The molecular formula is C14H14N2O3S. The van der Waals surface area contributed by atoms with Gasteiger partial charge in [0.05, 0.1) is 0 Å². The topological polar surface area (TPSA) is 68.3 Å². The number of ether oxygens (including phenoxy) is 1. The molecule has 0 atom stereocenters. The van der Waals surface area contributed by atoms with Gasteiger partial charge in [-0.3, -0.25) is 14.9 Å². The smallest absolute Gasteiger partial charge is 0.264 e. The number of hydrogen-bond acceptors (Lipinski definition) is 5. The molecule has 0 aliphatic carbocycles. The molecule has 1 aromatic heterocycles. The van der Waals surface area contributed by atoms with Crippen LogP contribution in [0.5, 0.6) is 5.75 Å². The first kappa shape index (κ1) is 14.2. The van der Waals surface area contributed by atoms with E-state index in [2.05, 4.69) is 10.3 Å². The van der Waals surface area contributed by atoms with Gasteiger partial charge in [0.25, 0.3) is 5.91 Å². The quantitative estimate of drug-likeness (QED) is 0.831. The third kappa shape index (κ3) is 3.89. The molecule has 0 aliphatic heterocycles. The first-order valence-electron chi connectivity index (χ1n) is 6.14. The SMILES string of the molecule is CCC(=O)c1ccc(OCC(=O)Nc2nccs2)cc1. The van der Waals surface area contributed by atoms with E-state index in [0.29, 0.717) is 22.9 Å². The highest BCUT2D eigenvalue weighted by Crippen LogP contribution is 2.14.